The number of hydrogen-bond acceptors (Lipinski definition) is 4. The highest BCUT2D eigenvalue weighted by Crippen LogP contribution is 2.31. The first-order valence-electron chi connectivity index (χ1n) is 9.15. The van der Waals surface area contributed by atoms with Crippen molar-refractivity contribution in [3.63, 3.8) is 0 Å². The first kappa shape index (κ1) is 19.3. The number of imidazole rings is 1. The molecule has 0 saturated carbocycles. The lowest BCUT2D eigenvalue weighted by Crippen LogP contribution is -2.22. The fourth-order valence-electron chi connectivity index (χ4n) is 2.79. The molecule has 6 heteroatoms. The third-order valence-electron chi connectivity index (χ3n) is 4.36. The lowest BCUT2D eigenvalue weighted by Gasteiger charge is -2.16. The minimum atomic E-state index is -1.10. The van der Waals surface area contributed by atoms with Crippen molar-refractivity contribution in [1.82, 2.24) is 14.5 Å². The van der Waals surface area contributed by atoms with Gasteiger partial charge in [0.2, 0.25) is 0 Å². The van der Waals surface area contributed by atoms with Crippen LogP contribution in [0.5, 0.6) is 5.75 Å². The van der Waals surface area contributed by atoms with Gasteiger partial charge in [-0.1, -0.05) is 19.6 Å². The summed E-state index contributed by atoms with van der Waals surface area (Å²) >= 11 is 0. The van der Waals surface area contributed by atoms with E-state index in [1.807, 2.05) is 42.9 Å². The van der Waals surface area contributed by atoms with Crippen LogP contribution in [0, 0.1) is 0 Å². The van der Waals surface area contributed by atoms with Crippen molar-refractivity contribution in [1.29, 1.82) is 0 Å². The minimum absolute atomic E-state index is 0.484. The molecule has 0 spiro atoms. The second-order valence-corrected chi connectivity index (χ2v) is 13.4. The summed E-state index contributed by atoms with van der Waals surface area (Å²) in [5.74, 6) is 0.829. The van der Waals surface area contributed by atoms with Crippen molar-refractivity contribution >= 4 is 8.07 Å². The highest BCUT2D eigenvalue weighted by Gasteiger charge is 2.16. The topological polar surface area (TPSA) is 49.2 Å². The first-order valence-corrected chi connectivity index (χ1v) is 12.9. The minimum Gasteiger partial charge on any atom is -0.497 e. The maximum absolute atomic E-state index is 5.96. The van der Waals surface area contributed by atoms with Gasteiger partial charge < -0.3 is 14.0 Å². The second kappa shape index (κ2) is 8.50. The van der Waals surface area contributed by atoms with E-state index in [1.54, 1.807) is 13.3 Å². The molecule has 142 valence electrons. The summed E-state index contributed by atoms with van der Waals surface area (Å²) in [6.07, 6.45) is 5.49. The number of pyridine rings is 1. The first-order chi connectivity index (χ1) is 13.0. The van der Waals surface area contributed by atoms with E-state index in [9.17, 15) is 0 Å². The monoisotopic (exact) mass is 381 g/mol. The van der Waals surface area contributed by atoms with Crippen LogP contribution in [0.1, 0.15) is 0 Å². The van der Waals surface area contributed by atoms with E-state index in [0.29, 0.717) is 6.73 Å². The average Bonchev–Trinajstić information content (AvgIpc) is 3.09. The molecular weight excluding hydrogens is 354 g/mol. The smallest absolute Gasteiger partial charge is 0.124 e. The zero-order valence-corrected chi connectivity index (χ0v) is 17.5. The molecule has 0 aliphatic rings. The van der Waals surface area contributed by atoms with Crippen molar-refractivity contribution < 1.29 is 9.47 Å². The summed E-state index contributed by atoms with van der Waals surface area (Å²) in [7, 11) is 0.568. The summed E-state index contributed by atoms with van der Waals surface area (Å²) in [5, 5.41) is 0. The zero-order valence-electron chi connectivity index (χ0n) is 16.5. The van der Waals surface area contributed by atoms with Crippen LogP contribution in [0.25, 0.3) is 22.5 Å². The molecular formula is C21H27N3O2Si. The summed E-state index contributed by atoms with van der Waals surface area (Å²) < 4.78 is 13.3. The van der Waals surface area contributed by atoms with Gasteiger partial charge in [-0.25, -0.2) is 4.98 Å². The fourth-order valence-corrected chi connectivity index (χ4v) is 3.54. The van der Waals surface area contributed by atoms with E-state index in [2.05, 4.69) is 40.2 Å². The van der Waals surface area contributed by atoms with E-state index >= 15 is 0 Å². The van der Waals surface area contributed by atoms with Gasteiger partial charge in [-0.3, -0.25) is 4.98 Å². The molecule has 0 radical (unpaired) electrons. The van der Waals surface area contributed by atoms with Gasteiger partial charge in [-0.15, -0.1) is 0 Å². The third kappa shape index (κ3) is 5.05. The molecule has 0 unspecified atom stereocenters. The normalized spacial score (nSPS) is 11.6. The number of rotatable bonds is 8. The van der Waals surface area contributed by atoms with Gasteiger partial charge in [0, 0.05) is 38.2 Å². The van der Waals surface area contributed by atoms with Crippen LogP contribution in [0.15, 0.2) is 55.1 Å². The molecule has 0 aliphatic carbocycles. The van der Waals surface area contributed by atoms with Crippen molar-refractivity contribution in [2.75, 3.05) is 13.7 Å². The summed E-state index contributed by atoms with van der Waals surface area (Å²) in [4.78, 5) is 8.95. The largest absolute Gasteiger partial charge is 0.497 e. The molecule has 3 rings (SSSR count). The Balaban J connectivity index is 1.88. The standard InChI is InChI=1S/C21H27N3O2Si/c1-25-19-9-7-17(8-10-19)20-21(18-6-5-11-22-14-18)24(15-23-20)16-26-12-13-27(2,3)4/h5-11,14-15H,12-13,16H2,1-4H3. The molecule has 27 heavy (non-hydrogen) atoms. The zero-order chi connectivity index (χ0) is 19.3. The lowest BCUT2D eigenvalue weighted by molar-refractivity contribution is 0.0882. The van der Waals surface area contributed by atoms with Gasteiger partial charge in [0.15, 0.2) is 0 Å². The predicted octanol–water partition coefficient (Wildman–Crippen LogP) is 4.93. The summed E-state index contributed by atoms with van der Waals surface area (Å²) in [6.45, 7) is 8.33. The molecule has 0 atom stereocenters. The Bertz CT molecular complexity index is 855. The molecule has 5 nitrogen and oxygen atoms in total. The number of nitrogens with zero attached hydrogens (tertiary/aromatic N) is 3. The molecule has 2 aromatic heterocycles. The molecule has 0 N–H and O–H groups in total. The average molecular weight is 382 g/mol. The number of hydrogen-bond donors (Lipinski definition) is 0. The van der Waals surface area contributed by atoms with E-state index in [1.165, 1.54) is 0 Å². The van der Waals surface area contributed by atoms with E-state index in [4.69, 9.17) is 9.47 Å². The van der Waals surface area contributed by atoms with Gasteiger partial charge in [0.25, 0.3) is 0 Å². The van der Waals surface area contributed by atoms with Crippen molar-refractivity contribution in [3.8, 4) is 28.3 Å². The van der Waals surface area contributed by atoms with Crippen LogP contribution in [0.4, 0.5) is 0 Å². The Hall–Kier alpha value is -2.44. The van der Waals surface area contributed by atoms with Crippen LogP contribution in [-0.2, 0) is 11.5 Å². The maximum Gasteiger partial charge on any atom is 0.124 e. The SMILES string of the molecule is COc1ccc(-c2ncn(COCC[Si](C)(C)C)c2-c2cccnc2)cc1. The van der Waals surface area contributed by atoms with Gasteiger partial charge in [-0.2, -0.15) is 0 Å². The third-order valence-corrected chi connectivity index (χ3v) is 6.07. The Labute approximate surface area is 162 Å². The van der Waals surface area contributed by atoms with Crippen molar-refractivity contribution in [3.05, 3.63) is 55.1 Å². The molecule has 0 bridgehead atoms. The fraction of sp³-hybridized carbons (Fsp3) is 0.333. The lowest BCUT2D eigenvalue weighted by atomic mass is 10.1. The molecule has 0 aliphatic heterocycles. The number of benzene rings is 1. The van der Waals surface area contributed by atoms with Crippen molar-refractivity contribution in [2.24, 2.45) is 0 Å². The van der Waals surface area contributed by atoms with Crippen LogP contribution in [0.2, 0.25) is 25.7 Å². The highest BCUT2D eigenvalue weighted by molar-refractivity contribution is 6.76. The second-order valence-electron chi connectivity index (χ2n) is 7.73. The van der Waals surface area contributed by atoms with Crippen LogP contribution in [-0.4, -0.2) is 36.3 Å². The van der Waals surface area contributed by atoms with Crippen molar-refractivity contribution in [2.45, 2.75) is 32.4 Å². The maximum atomic E-state index is 5.96. The number of methoxy groups -OCH3 is 1. The predicted molar refractivity (Wildman–Crippen MR) is 112 cm³/mol. The van der Waals surface area contributed by atoms with Gasteiger partial charge in [0.05, 0.1) is 24.8 Å². The van der Waals surface area contributed by atoms with E-state index < -0.39 is 8.07 Å². The van der Waals surface area contributed by atoms with Gasteiger partial charge in [0.1, 0.15) is 12.5 Å². The number of aromatic nitrogens is 3. The summed E-state index contributed by atoms with van der Waals surface area (Å²) in [6, 6.07) is 13.1. The molecule has 0 amide bonds. The van der Waals surface area contributed by atoms with E-state index in [-0.39, 0.29) is 0 Å². The molecule has 2 heterocycles. The Kier molecular flexibility index (Phi) is 6.08. The Morgan fingerprint density at radius 2 is 1.81 bits per heavy atom. The van der Waals surface area contributed by atoms with Gasteiger partial charge >= 0.3 is 0 Å². The number of ether oxygens (including phenoxy) is 2. The molecule has 0 fully saturated rings. The van der Waals surface area contributed by atoms with Crippen LogP contribution in [0.3, 0.4) is 0 Å². The summed E-state index contributed by atoms with van der Waals surface area (Å²) in [5.41, 5.74) is 3.99. The highest BCUT2D eigenvalue weighted by atomic mass is 28.3. The molecule has 3 aromatic rings. The quantitative estimate of drug-likeness (QED) is 0.410. The van der Waals surface area contributed by atoms with Crippen LogP contribution >= 0.6 is 0 Å². The van der Waals surface area contributed by atoms with Gasteiger partial charge in [-0.05, 0) is 42.4 Å². The molecule has 0 saturated heterocycles. The van der Waals surface area contributed by atoms with Crippen LogP contribution < -0.4 is 4.74 Å². The Morgan fingerprint density at radius 3 is 2.44 bits per heavy atom. The molecule has 1 aromatic carbocycles. The van der Waals surface area contributed by atoms with E-state index in [0.717, 1.165) is 40.9 Å². The Morgan fingerprint density at radius 1 is 1.04 bits per heavy atom.